The smallest absolute Gasteiger partial charge is 0.110 e. The molecule has 1 spiro atoms. The van der Waals surface area contributed by atoms with Crippen molar-refractivity contribution in [1.82, 2.24) is 0 Å². The molecule has 1 aromatic carbocycles. The van der Waals surface area contributed by atoms with Gasteiger partial charge in [0.1, 0.15) is 10.9 Å². The van der Waals surface area contributed by atoms with Crippen LogP contribution in [0.25, 0.3) is 10.4 Å². The van der Waals surface area contributed by atoms with Gasteiger partial charge in [-0.3, -0.25) is 4.99 Å². The Morgan fingerprint density at radius 2 is 2.00 bits per heavy atom. The van der Waals surface area contributed by atoms with Crippen molar-refractivity contribution < 1.29 is 0 Å². The van der Waals surface area contributed by atoms with E-state index in [1.807, 2.05) is 6.07 Å². The first kappa shape index (κ1) is 13.7. The molecule has 2 aliphatic rings. The van der Waals surface area contributed by atoms with E-state index in [2.05, 4.69) is 42.4 Å². The zero-order chi connectivity index (χ0) is 15.2. The van der Waals surface area contributed by atoms with Crippen LogP contribution in [0.5, 0.6) is 0 Å². The highest BCUT2D eigenvalue weighted by atomic mass is 32.1. The topological polar surface area (TPSA) is 36.1 Å². The highest BCUT2D eigenvalue weighted by molar-refractivity contribution is 7.16. The fourth-order valence-electron chi connectivity index (χ4n) is 3.86. The lowest BCUT2D eigenvalue weighted by Crippen LogP contribution is -2.28. The normalized spacial score (nSPS) is 18.4. The maximum atomic E-state index is 9.12. The molecular weight excluding hydrogens is 288 g/mol. The maximum absolute atomic E-state index is 9.12. The third-order valence-corrected chi connectivity index (χ3v) is 6.21. The predicted octanol–water partition coefficient (Wildman–Crippen LogP) is 5.51. The zero-order valence-corrected chi connectivity index (χ0v) is 13.5. The minimum atomic E-state index is 0.173. The number of hydrogen-bond acceptors (Lipinski definition) is 3. The predicted molar refractivity (Wildman–Crippen MR) is 92.1 cm³/mol. The molecule has 1 aromatic heterocycles. The third-order valence-electron chi connectivity index (χ3n) is 5.02. The van der Waals surface area contributed by atoms with E-state index in [4.69, 9.17) is 5.26 Å². The van der Waals surface area contributed by atoms with Crippen molar-refractivity contribution in [3.63, 3.8) is 0 Å². The average molecular weight is 306 g/mol. The van der Waals surface area contributed by atoms with E-state index in [0.717, 1.165) is 10.6 Å². The van der Waals surface area contributed by atoms with Gasteiger partial charge in [-0.15, -0.1) is 11.3 Å². The van der Waals surface area contributed by atoms with Crippen molar-refractivity contribution in [1.29, 1.82) is 5.26 Å². The van der Waals surface area contributed by atoms with Gasteiger partial charge in [0.05, 0.1) is 5.69 Å². The van der Waals surface area contributed by atoms with Crippen LogP contribution in [0.15, 0.2) is 29.3 Å². The molecule has 2 nitrogen and oxygen atoms in total. The van der Waals surface area contributed by atoms with Gasteiger partial charge in [-0.2, -0.15) is 5.26 Å². The summed E-state index contributed by atoms with van der Waals surface area (Å²) >= 11 is 1.59. The van der Waals surface area contributed by atoms with Gasteiger partial charge in [0.25, 0.3) is 0 Å². The van der Waals surface area contributed by atoms with Crippen LogP contribution in [0.3, 0.4) is 0 Å². The summed E-state index contributed by atoms with van der Waals surface area (Å²) in [7, 11) is 0. The molecule has 110 valence electrons. The number of aryl methyl sites for hydroxylation is 1. The van der Waals surface area contributed by atoms with E-state index in [-0.39, 0.29) is 5.41 Å². The van der Waals surface area contributed by atoms with E-state index in [1.54, 1.807) is 11.3 Å². The van der Waals surface area contributed by atoms with Gasteiger partial charge in [-0.25, -0.2) is 0 Å². The van der Waals surface area contributed by atoms with Gasteiger partial charge in [0, 0.05) is 16.5 Å². The first-order valence-corrected chi connectivity index (χ1v) is 8.74. The molecule has 3 heteroatoms. The number of hydrogen-bond donors (Lipinski definition) is 0. The second kappa shape index (κ2) is 5.07. The van der Waals surface area contributed by atoms with Crippen LogP contribution in [-0.4, -0.2) is 6.21 Å². The fourth-order valence-corrected chi connectivity index (χ4v) is 4.82. The van der Waals surface area contributed by atoms with Crippen LogP contribution >= 0.6 is 11.3 Å². The molecule has 1 aliphatic heterocycles. The minimum absolute atomic E-state index is 0.173. The van der Waals surface area contributed by atoms with E-state index in [9.17, 15) is 0 Å². The Morgan fingerprint density at radius 3 is 2.73 bits per heavy atom. The molecule has 4 rings (SSSR count). The number of aliphatic imine (C=N–C) groups is 1. The summed E-state index contributed by atoms with van der Waals surface area (Å²) in [4.78, 5) is 6.69. The van der Waals surface area contributed by atoms with Crippen molar-refractivity contribution >= 4 is 23.2 Å². The molecule has 0 radical (unpaired) electrons. The van der Waals surface area contributed by atoms with E-state index in [1.165, 1.54) is 53.7 Å². The molecule has 1 aliphatic carbocycles. The molecule has 0 amide bonds. The van der Waals surface area contributed by atoms with E-state index < -0.39 is 0 Å². The summed E-state index contributed by atoms with van der Waals surface area (Å²) in [5.74, 6) is 0. The van der Waals surface area contributed by atoms with Gasteiger partial charge in [0.15, 0.2) is 0 Å². The summed E-state index contributed by atoms with van der Waals surface area (Å²) in [6, 6.07) is 10.9. The monoisotopic (exact) mass is 306 g/mol. The molecule has 1 fully saturated rings. The molecule has 0 saturated heterocycles. The van der Waals surface area contributed by atoms with Crippen molar-refractivity contribution in [2.24, 2.45) is 4.99 Å². The summed E-state index contributed by atoms with van der Waals surface area (Å²) in [5, 5.41) is 9.12. The molecular formula is C19H18N2S. The van der Waals surface area contributed by atoms with Crippen LogP contribution in [0.1, 0.15) is 48.1 Å². The highest BCUT2D eigenvalue weighted by Gasteiger charge is 2.37. The number of rotatable bonds is 1. The first-order chi connectivity index (χ1) is 10.7. The SMILES string of the molecule is Cc1cc(C#N)sc1-c1ccc2c(c1)C1(C=N2)CCCCC1. The van der Waals surface area contributed by atoms with Gasteiger partial charge < -0.3 is 0 Å². The second-order valence-electron chi connectivity index (χ2n) is 6.44. The molecule has 2 aromatic rings. The fraction of sp³-hybridized carbons (Fsp3) is 0.368. The zero-order valence-electron chi connectivity index (χ0n) is 12.7. The summed E-state index contributed by atoms with van der Waals surface area (Å²) in [5.41, 5.74) is 5.14. The van der Waals surface area contributed by atoms with Crippen molar-refractivity contribution in [2.75, 3.05) is 0 Å². The van der Waals surface area contributed by atoms with Gasteiger partial charge in [-0.05, 0) is 54.7 Å². The Hall–Kier alpha value is -1.92. The Morgan fingerprint density at radius 1 is 1.18 bits per heavy atom. The number of thiophene rings is 1. The Bertz CT molecular complexity index is 801. The molecule has 2 heterocycles. The molecule has 0 unspecified atom stereocenters. The number of nitrogens with zero attached hydrogens (tertiary/aromatic N) is 2. The molecule has 1 saturated carbocycles. The van der Waals surface area contributed by atoms with Crippen LogP contribution in [-0.2, 0) is 5.41 Å². The Labute approximate surface area is 135 Å². The van der Waals surface area contributed by atoms with E-state index in [0.29, 0.717) is 0 Å². The first-order valence-electron chi connectivity index (χ1n) is 7.92. The van der Waals surface area contributed by atoms with Crippen LogP contribution in [0.4, 0.5) is 5.69 Å². The lowest BCUT2D eigenvalue weighted by atomic mass is 9.71. The Kier molecular flexibility index (Phi) is 3.16. The van der Waals surface area contributed by atoms with Crippen molar-refractivity contribution in [3.05, 3.63) is 40.3 Å². The van der Waals surface area contributed by atoms with Gasteiger partial charge in [0.2, 0.25) is 0 Å². The van der Waals surface area contributed by atoms with Gasteiger partial charge in [-0.1, -0.05) is 25.3 Å². The largest absolute Gasteiger partial charge is 0.260 e. The molecule has 0 bridgehead atoms. The standard InChI is InChI=1S/C19H18N2S/c1-13-9-15(11-20)22-18(13)14-5-6-17-16(10-14)19(12-21-17)7-3-2-4-8-19/h5-6,9-10,12H,2-4,7-8H2,1H3. The second-order valence-corrected chi connectivity index (χ2v) is 7.49. The number of benzene rings is 1. The summed E-state index contributed by atoms with van der Waals surface area (Å²) in [6.45, 7) is 2.09. The highest BCUT2D eigenvalue weighted by Crippen LogP contribution is 2.47. The lowest BCUT2D eigenvalue weighted by molar-refractivity contribution is 0.391. The maximum Gasteiger partial charge on any atom is 0.110 e. The molecule has 0 atom stereocenters. The van der Waals surface area contributed by atoms with Gasteiger partial charge >= 0.3 is 0 Å². The summed E-state index contributed by atoms with van der Waals surface area (Å²) < 4.78 is 0. The number of nitriles is 1. The van der Waals surface area contributed by atoms with Crippen molar-refractivity contribution in [3.8, 4) is 16.5 Å². The third kappa shape index (κ3) is 2.02. The number of fused-ring (bicyclic) bond motifs is 2. The van der Waals surface area contributed by atoms with Crippen LogP contribution in [0.2, 0.25) is 0 Å². The van der Waals surface area contributed by atoms with Crippen molar-refractivity contribution in [2.45, 2.75) is 44.4 Å². The Balaban J connectivity index is 1.81. The minimum Gasteiger partial charge on any atom is -0.260 e. The summed E-state index contributed by atoms with van der Waals surface area (Å²) in [6.07, 6.45) is 8.58. The quantitative estimate of drug-likeness (QED) is 0.684. The lowest BCUT2D eigenvalue weighted by Gasteiger charge is -2.32. The molecule has 0 N–H and O–H groups in total. The average Bonchev–Trinajstić information content (AvgIpc) is 3.10. The van der Waals surface area contributed by atoms with Crippen LogP contribution < -0.4 is 0 Å². The molecule has 22 heavy (non-hydrogen) atoms. The van der Waals surface area contributed by atoms with Crippen LogP contribution in [0, 0.1) is 18.3 Å². The van der Waals surface area contributed by atoms with E-state index >= 15 is 0 Å².